The molecule has 0 radical (unpaired) electrons. The van der Waals surface area contributed by atoms with Crippen molar-refractivity contribution in [2.75, 3.05) is 13.1 Å². The average molecular weight is 572 g/mol. The van der Waals surface area contributed by atoms with Gasteiger partial charge >= 0.3 is 0 Å². The number of nitrogens with one attached hydrogen (secondary N) is 2. The highest BCUT2D eigenvalue weighted by molar-refractivity contribution is 6.35. The third kappa shape index (κ3) is 4.99. The van der Waals surface area contributed by atoms with Crippen LogP contribution in [0.15, 0.2) is 42.5 Å². The predicted octanol–water partition coefficient (Wildman–Crippen LogP) is 7.21. The maximum atomic E-state index is 13.5. The van der Waals surface area contributed by atoms with E-state index < -0.39 is 0 Å². The molecule has 2 aromatic carbocycles. The second-order valence-electron chi connectivity index (χ2n) is 11.2. The summed E-state index contributed by atoms with van der Waals surface area (Å²) in [6.07, 6.45) is 7.63. The van der Waals surface area contributed by atoms with Crippen molar-refractivity contribution in [1.82, 2.24) is 20.4 Å². The van der Waals surface area contributed by atoms with Gasteiger partial charge in [0.2, 0.25) is 0 Å². The Morgan fingerprint density at radius 2 is 1.58 bits per heavy atom. The lowest BCUT2D eigenvalue weighted by Gasteiger charge is -2.54. The van der Waals surface area contributed by atoms with Gasteiger partial charge in [-0.2, -0.15) is 5.10 Å². The van der Waals surface area contributed by atoms with Crippen molar-refractivity contribution >= 4 is 40.7 Å². The quantitative estimate of drug-likeness (QED) is 0.281. The maximum Gasteiger partial charge on any atom is 0.272 e. The molecule has 0 saturated heterocycles. The largest absolute Gasteiger partial charge is 0.349 e. The fourth-order valence-electron chi connectivity index (χ4n) is 7.46. The van der Waals surface area contributed by atoms with Gasteiger partial charge in [0.25, 0.3) is 5.91 Å². The number of halogens is 3. The van der Waals surface area contributed by atoms with E-state index in [9.17, 15) is 4.79 Å². The predicted molar refractivity (Wildman–Crippen MR) is 155 cm³/mol. The van der Waals surface area contributed by atoms with E-state index in [1.165, 1.54) is 32.1 Å². The third-order valence-corrected chi connectivity index (χ3v) is 9.61. The van der Waals surface area contributed by atoms with E-state index in [4.69, 9.17) is 39.9 Å². The van der Waals surface area contributed by atoms with Crippen LogP contribution < -0.4 is 10.6 Å². The summed E-state index contributed by atoms with van der Waals surface area (Å²) in [7, 11) is 0. The molecule has 3 aromatic rings. The summed E-state index contributed by atoms with van der Waals surface area (Å²) in [5.74, 6) is 3.38. The summed E-state index contributed by atoms with van der Waals surface area (Å²) in [5.41, 5.74) is 3.68. The van der Waals surface area contributed by atoms with Crippen LogP contribution in [0, 0.1) is 23.7 Å². The zero-order valence-electron chi connectivity index (χ0n) is 21.5. The smallest absolute Gasteiger partial charge is 0.272 e. The Labute approximate surface area is 239 Å². The molecule has 5 nitrogen and oxygen atoms in total. The molecule has 8 heteroatoms. The highest BCUT2D eigenvalue weighted by Gasteiger charge is 2.47. The molecule has 200 valence electrons. The molecule has 4 saturated carbocycles. The van der Waals surface area contributed by atoms with Crippen LogP contribution in [0.2, 0.25) is 15.1 Å². The second-order valence-corrected chi connectivity index (χ2v) is 12.5. The Balaban J connectivity index is 1.22. The standard InChI is InChI=1S/C30H33Cl3N4O/c1-2-24-28(30(38)35-10-9-34-27-20-12-17-11-18(14-20)15-21(27)13-17)36-37(26-8-7-23(32)16-25(26)33)29(24)19-3-5-22(31)6-4-19/h3-8,16-18,20-21,27,34H,2,9-15H2,1H3,(H,35,38). The van der Waals surface area contributed by atoms with Gasteiger partial charge in [-0.3, -0.25) is 4.79 Å². The summed E-state index contributed by atoms with van der Waals surface area (Å²) >= 11 is 18.9. The summed E-state index contributed by atoms with van der Waals surface area (Å²) < 4.78 is 1.75. The molecule has 4 fully saturated rings. The molecule has 7 rings (SSSR count). The monoisotopic (exact) mass is 570 g/mol. The fourth-order valence-corrected chi connectivity index (χ4v) is 8.07. The number of nitrogens with zero attached hydrogens (tertiary/aromatic N) is 2. The van der Waals surface area contributed by atoms with Crippen LogP contribution in [0.3, 0.4) is 0 Å². The minimum Gasteiger partial charge on any atom is -0.349 e. The van der Waals surface area contributed by atoms with Crippen LogP contribution in [0.25, 0.3) is 16.9 Å². The Morgan fingerprint density at radius 1 is 0.921 bits per heavy atom. The van der Waals surface area contributed by atoms with Crippen LogP contribution in [0.5, 0.6) is 0 Å². The average Bonchev–Trinajstić information content (AvgIpc) is 3.27. The van der Waals surface area contributed by atoms with Crippen molar-refractivity contribution in [3.05, 3.63) is 68.8 Å². The van der Waals surface area contributed by atoms with Gasteiger partial charge in [0.15, 0.2) is 5.69 Å². The number of aromatic nitrogens is 2. The molecule has 0 spiro atoms. The number of rotatable bonds is 8. The molecule has 4 aliphatic rings. The second kappa shape index (κ2) is 10.8. The lowest BCUT2D eigenvalue weighted by Crippen LogP contribution is -2.55. The first-order valence-corrected chi connectivity index (χ1v) is 14.9. The Kier molecular flexibility index (Phi) is 7.47. The van der Waals surface area contributed by atoms with Crippen molar-refractivity contribution in [2.24, 2.45) is 23.7 Å². The van der Waals surface area contributed by atoms with E-state index in [1.54, 1.807) is 16.8 Å². The van der Waals surface area contributed by atoms with Crippen LogP contribution in [-0.2, 0) is 6.42 Å². The van der Waals surface area contributed by atoms with Crippen molar-refractivity contribution in [2.45, 2.75) is 51.5 Å². The number of amides is 1. The zero-order chi connectivity index (χ0) is 26.4. The van der Waals surface area contributed by atoms with Crippen LogP contribution in [-0.4, -0.2) is 34.8 Å². The van der Waals surface area contributed by atoms with E-state index in [2.05, 4.69) is 10.6 Å². The van der Waals surface area contributed by atoms with Crippen molar-refractivity contribution in [3.63, 3.8) is 0 Å². The van der Waals surface area contributed by atoms with E-state index in [-0.39, 0.29) is 5.91 Å². The first kappa shape index (κ1) is 26.2. The number of hydrogen-bond acceptors (Lipinski definition) is 3. The zero-order valence-corrected chi connectivity index (χ0v) is 23.8. The van der Waals surface area contributed by atoms with Gasteiger partial charge in [0.05, 0.1) is 16.4 Å². The van der Waals surface area contributed by atoms with Gasteiger partial charge in [-0.05, 0) is 92.5 Å². The molecule has 1 heterocycles. The number of carbonyl (C=O) groups excluding carboxylic acids is 1. The Bertz CT molecular complexity index is 1310. The Hall–Kier alpha value is -2.05. The van der Waals surface area contributed by atoms with Crippen molar-refractivity contribution in [1.29, 1.82) is 0 Å². The van der Waals surface area contributed by atoms with E-state index in [0.717, 1.165) is 47.0 Å². The molecule has 1 aromatic heterocycles. The van der Waals surface area contributed by atoms with E-state index in [1.807, 2.05) is 37.3 Å². The molecule has 4 aliphatic carbocycles. The number of benzene rings is 2. The summed E-state index contributed by atoms with van der Waals surface area (Å²) in [6, 6.07) is 13.5. The van der Waals surface area contributed by atoms with Crippen LogP contribution in [0.1, 0.15) is 55.1 Å². The van der Waals surface area contributed by atoms with Crippen LogP contribution in [0.4, 0.5) is 0 Å². The lowest BCUT2D eigenvalue weighted by atomic mass is 9.54. The molecule has 0 atom stereocenters. The van der Waals surface area contributed by atoms with Crippen molar-refractivity contribution in [3.8, 4) is 16.9 Å². The first-order chi connectivity index (χ1) is 18.4. The SMILES string of the molecule is CCc1c(C(=O)NCCNC2C3CC4CC(C3)CC2C4)nn(-c2ccc(Cl)cc2Cl)c1-c1ccc(Cl)cc1. The number of carbonyl (C=O) groups is 1. The van der Waals surface area contributed by atoms with Crippen molar-refractivity contribution < 1.29 is 4.79 Å². The highest BCUT2D eigenvalue weighted by Crippen LogP contribution is 2.53. The molecule has 1 amide bonds. The summed E-state index contributed by atoms with van der Waals surface area (Å²) in [6.45, 7) is 3.37. The minimum absolute atomic E-state index is 0.173. The minimum atomic E-state index is -0.173. The molecular weight excluding hydrogens is 539 g/mol. The van der Waals surface area contributed by atoms with Crippen LogP contribution >= 0.6 is 34.8 Å². The molecule has 0 unspecified atom stereocenters. The highest BCUT2D eigenvalue weighted by atomic mass is 35.5. The summed E-state index contributed by atoms with van der Waals surface area (Å²) in [5, 5.41) is 13.4. The normalized spacial score (nSPS) is 25.6. The fraction of sp³-hybridized carbons (Fsp3) is 0.467. The molecular formula is C30H33Cl3N4O. The van der Waals surface area contributed by atoms with Gasteiger partial charge in [0.1, 0.15) is 0 Å². The topological polar surface area (TPSA) is 59.0 Å². The number of hydrogen-bond donors (Lipinski definition) is 2. The molecule has 4 bridgehead atoms. The molecule has 2 N–H and O–H groups in total. The third-order valence-electron chi connectivity index (χ3n) is 8.83. The van der Waals surface area contributed by atoms with Gasteiger partial charge in [-0.1, -0.05) is 53.9 Å². The van der Waals surface area contributed by atoms with Gasteiger partial charge < -0.3 is 10.6 Å². The van der Waals surface area contributed by atoms with Gasteiger partial charge in [0, 0.05) is 40.3 Å². The Morgan fingerprint density at radius 3 is 2.21 bits per heavy atom. The van der Waals surface area contributed by atoms with Gasteiger partial charge in [-0.25, -0.2) is 4.68 Å². The lowest BCUT2D eigenvalue weighted by molar-refractivity contribution is -0.0133. The first-order valence-electron chi connectivity index (χ1n) is 13.8. The molecule has 0 aliphatic heterocycles. The maximum absolute atomic E-state index is 13.5. The van der Waals surface area contributed by atoms with E-state index >= 15 is 0 Å². The van der Waals surface area contributed by atoms with Gasteiger partial charge in [-0.15, -0.1) is 0 Å². The molecule has 38 heavy (non-hydrogen) atoms. The van der Waals surface area contributed by atoms with E-state index in [0.29, 0.717) is 45.5 Å². The summed E-state index contributed by atoms with van der Waals surface area (Å²) in [4.78, 5) is 13.5.